The van der Waals surface area contributed by atoms with Crippen molar-refractivity contribution in [1.82, 2.24) is 4.72 Å². The molecule has 0 saturated carbocycles. The molecule has 7 heteroatoms. The number of sulfonamides is 1. The van der Waals surface area contributed by atoms with E-state index in [1.807, 2.05) is 0 Å². The maximum absolute atomic E-state index is 11.9. The summed E-state index contributed by atoms with van der Waals surface area (Å²) in [6.07, 6.45) is 1.76. The molecule has 104 valence electrons. The summed E-state index contributed by atoms with van der Waals surface area (Å²) in [6, 6.07) is 6.65. The van der Waals surface area contributed by atoms with Crippen molar-refractivity contribution in [1.29, 1.82) is 0 Å². The number of hydrogen-bond acceptors (Lipinski definition) is 5. The van der Waals surface area contributed by atoms with Gasteiger partial charge in [0.2, 0.25) is 10.0 Å². The SMILES string of the molecule is CC(O)(CNS(=O)(=O)c1cccs1)Cc1ccco1. The van der Waals surface area contributed by atoms with Gasteiger partial charge in [-0.15, -0.1) is 11.3 Å². The molecule has 1 atom stereocenters. The fraction of sp³-hybridized carbons (Fsp3) is 0.333. The van der Waals surface area contributed by atoms with Crippen LogP contribution in [0.5, 0.6) is 0 Å². The summed E-state index contributed by atoms with van der Waals surface area (Å²) < 4.78 is 31.6. The van der Waals surface area contributed by atoms with Crippen molar-refractivity contribution >= 4 is 21.4 Å². The highest BCUT2D eigenvalue weighted by molar-refractivity contribution is 7.91. The minimum Gasteiger partial charge on any atom is -0.469 e. The van der Waals surface area contributed by atoms with E-state index in [2.05, 4.69) is 4.72 Å². The highest BCUT2D eigenvalue weighted by atomic mass is 32.2. The highest BCUT2D eigenvalue weighted by Crippen LogP contribution is 2.17. The Morgan fingerprint density at radius 3 is 2.79 bits per heavy atom. The van der Waals surface area contributed by atoms with Crippen molar-refractivity contribution in [2.75, 3.05) is 6.54 Å². The number of furan rings is 1. The van der Waals surface area contributed by atoms with Gasteiger partial charge in [-0.25, -0.2) is 13.1 Å². The summed E-state index contributed by atoms with van der Waals surface area (Å²) in [5.74, 6) is 0.611. The Morgan fingerprint density at radius 1 is 1.42 bits per heavy atom. The fourth-order valence-corrected chi connectivity index (χ4v) is 3.79. The molecule has 0 fully saturated rings. The Hall–Kier alpha value is -1.15. The van der Waals surface area contributed by atoms with Crippen molar-refractivity contribution < 1.29 is 17.9 Å². The van der Waals surface area contributed by atoms with Crippen LogP contribution in [-0.4, -0.2) is 25.7 Å². The number of thiophene rings is 1. The summed E-state index contributed by atoms with van der Waals surface area (Å²) in [7, 11) is -3.55. The molecule has 0 aliphatic rings. The van der Waals surface area contributed by atoms with Crippen LogP contribution in [0.2, 0.25) is 0 Å². The van der Waals surface area contributed by atoms with Gasteiger partial charge in [-0.1, -0.05) is 6.07 Å². The van der Waals surface area contributed by atoms with Crippen molar-refractivity contribution in [2.24, 2.45) is 0 Å². The largest absolute Gasteiger partial charge is 0.469 e. The lowest BCUT2D eigenvalue weighted by Gasteiger charge is -2.22. The van der Waals surface area contributed by atoms with Crippen molar-refractivity contribution in [3.05, 3.63) is 41.7 Å². The average Bonchev–Trinajstić information content (AvgIpc) is 2.98. The van der Waals surface area contributed by atoms with Crippen molar-refractivity contribution in [3.63, 3.8) is 0 Å². The van der Waals surface area contributed by atoms with Crippen LogP contribution in [0.1, 0.15) is 12.7 Å². The first-order valence-corrected chi connectivity index (χ1v) is 8.03. The van der Waals surface area contributed by atoms with Crippen LogP contribution in [0.3, 0.4) is 0 Å². The van der Waals surface area contributed by atoms with Crippen LogP contribution in [0.15, 0.2) is 44.5 Å². The predicted octanol–water partition coefficient (Wildman–Crippen LogP) is 1.61. The van der Waals surface area contributed by atoms with E-state index in [1.165, 1.54) is 12.3 Å². The van der Waals surface area contributed by atoms with E-state index >= 15 is 0 Å². The Morgan fingerprint density at radius 2 is 2.21 bits per heavy atom. The average molecular weight is 301 g/mol. The lowest BCUT2D eigenvalue weighted by Crippen LogP contribution is -2.41. The molecule has 0 bridgehead atoms. The Kier molecular flexibility index (Phi) is 4.10. The quantitative estimate of drug-likeness (QED) is 0.849. The maximum atomic E-state index is 11.9. The Labute approximate surface area is 115 Å². The molecule has 0 spiro atoms. The summed E-state index contributed by atoms with van der Waals surface area (Å²) in [6.45, 7) is 1.49. The smallest absolute Gasteiger partial charge is 0.250 e. The zero-order valence-corrected chi connectivity index (χ0v) is 12.0. The van der Waals surface area contributed by atoms with Crippen LogP contribution in [-0.2, 0) is 16.4 Å². The minimum atomic E-state index is -3.55. The second-order valence-electron chi connectivity index (χ2n) is 4.51. The van der Waals surface area contributed by atoms with Gasteiger partial charge in [0.1, 0.15) is 9.97 Å². The molecule has 0 aromatic carbocycles. The zero-order valence-electron chi connectivity index (χ0n) is 10.4. The van der Waals surface area contributed by atoms with Crippen LogP contribution < -0.4 is 4.72 Å². The predicted molar refractivity (Wildman–Crippen MR) is 72.5 cm³/mol. The first kappa shape index (κ1) is 14.3. The second-order valence-corrected chi connectivity index (χ2v) is 7.45. The standard InChI is InChI=1S/C12H15NO4S2/c1-12(14,8-10-4-2-6-17-10)9-13-19(15,16)11-5-3-7-18-11/h2-7,13-14H,8-9H2,1H3. The monoisotopic (exact) mass is 301 g/mol. The van der Waals surface area contributed by atoms with Gasteiger partial charge in [0, 0.05) is 13.0 Å². The van der Waals surface area contributed by atoms with Crippen LogP contribution in [0, 0.1) is 0 Å². The summed E-state index contributed by atoms with van der Waals surface area (Å²) in [5.41, 5.74) is -1.21. The first-order valence-electron chi connectivity index (χ1n) is 5.67. The summed E-state index contributed by atoms with van der Waals surface area (Å²) in [4.78, 5) is 0. The van der Waals surface area contributed by atoms with E-state index in [0.717, 1.165) is 11.3 Å². The van der Waals surface area contributed by atoms with E-state index < -0.39 is 15.6 Å². The van der Waals surface area contributed by atoms with Gasteiger partial charge in [-0.2, -0.15) is 0 Å². The molecule has 0 amide bonds. The van der Waals surface area contributed by atoms with Gasteiger partial charge in [-0.3, -0.25) is 0 Å². The number of nitrogens with one attached hydrogen (secondary N) is 1. The van der Waals surface area contributed by atoms with Crippen molar-refractivity contribution in [2.45, 2.75) is 23.2 Å². The molecule has 2 heterocycles. The van der Waals surface area contributed by atoms with Gasteiger partial charge >= 0.3 is 0 Å². The van der Waals surface area contributed by atoms with E-state index in [0.29, 0.717) is 5.76 Å². The third-order valence-corrected chi connectivity index (χ3v) is 5.34. The molecule has 5 nitrogen and oxygen atoms in total. The lowest BCUT2D eigenvalue weighted by atomic mass is 10.0. The fourth-order valence-electron chi connectivity index (χ4n) is 1.59. The molecule has 0 saturated heterocycles. The molecule has 1 unspecified atom stereocenters. The normalized spacial score (nSPS) is 15.3. The van der Waals surface area contributed by atoms with E-state index in [1.54, 1.807) is 30.5 Å². The molecule has 2 aromatic heterocycles. The van der Waals surface area contributed by atoms with Crippen LogP contribution in [0.25, 0.3) is 0 Å². The Balaban J connectivity index is 1.98. The Bertz CT molecular complexity index is 600. The first-order chi connectivity index (χ1) is 8.89. The highest BCUT2D eigenvalue weighted by Gasteiger charge is 2.26. The molecule has 0 radical (unpaired) electrons. The number of aliphatic hydroxyl groups is 1. The molecular weight excluding hydrogens is 286 g/mol. The lowest BCUT2D eigenvalue weighted by molar-refractivity contribution is 0.0603. The van der Waals surface area contributed by atoms with Crippen LogP contribution >= 0.6 is 11.3 Å². The summed E-state index contributed by atoms with van der Waals surface area (Å²) in [5, 5.41) is 11.9. The summed E-state index contributed by atoms with van der Waals surface area (Å²) >= 11 is 1.14. The van der Waals surface area contributed by atoms with Crippen molar-refractivity contribution in [3.8, 4) is 0 Å². The second kappa shape index (κ2) is 5.46. The molecule has 0 aliphatic carbocycles. The minimum absolute atomic E-state index is 0.0755. The maximum Gasteiger partial charge on any atom is 0.250 e. The van der Waals surface area contributed by atoms with Gasteiger partial charge in [0.15, 0.2) is 0 Å². The van der Waals surface area contributed by atoms with Gasteiger partial charge in [-0.05, 0) is 30.5 Å². The molecular formula is C12H15NO4S2. The van der Waals surface area contributed by atoms with E-state index in [4.69, 9.17) is 4.42 Å². The zero-order chi connectivity index (χ0) is 13.9. The molecule has 0 aliphatic heterocycles. The number of hydrogen-bond donors (Lipinski definition) is 2. The number of rotatable bonds is 6. The third kappa shape index (κ3) is 3.90. The topological polar surface area (TPSA) is 79.5 Å². The van der Waals surface area contributed by atoms with E-state index in [-0.39, 0.29) is 17.2 Å². The van der Waals surface area contributed by atoms with Gasteiger partial charge in [0.25, 0.3) is 0 Å². The third-order valence-electron chi connectivity index (χ3n) is 2.54. The van der Waals surface area contributed by atoms with Gasteiger partial charge in [0.05, 0.1) is 11.9 Å². The molecule has 2 aromatic rings. The van der Waals surface area contributed by atoms with E-state index in [9.17, 15) is 13.5 Å². The molecule has 2 N–H and O–H groups in total. The molecule has 19 heavy (non-hydrogen) atoms. The van der Waals surface area contributed by atoms with Crippen LogP contribution in [0.4, 0.5) is 0 Å². The van der Waals surface area contributed by atoms with Gasteiger partial charge < -0.3 is 9.52 Å². The molecule has 2 rings (SSSR count).